The van der Waals surface area contributed by atoms with Gasteiger partial charge < -0.3 is 0 Å². The summed E-state index contributed by atoms with van der Waals surface area (Å²) >= 11 is 0. The monoisotopic (exact) mass is 347 g/mol. The molecule has 1 fully saturated rings. The number of rotatable bonds is 8. The Morgan fingerprint density at radius 2 is 1.62 bits per heavy atom. The quantitative estimate of drug-likeness (QED) is 0.305. The highest BCUT2D eigenvalue weighted by molar-refractivity contribution is 7.48. The van der Waals surface area contributed by atoms with Crippen molar-refractivity contribution in [3.63, 3.8) is 0 Å². The largest absolute Gasteiger partial charge is 0.353 e. The molecule has 0 radical (unpaired) electrons. The van der Waals surface area contributed by atoms with Crippen molar-refractivity contribution in [1.29, 1.82) is 0 Å². The summed E-state index contributed by atoms with van der Waals surface area (Å²) in [6.07, 6.45) is 8.89. The second kappa shape index (κ2) is 8.39. The van der Waals surface area contributed by atoms with Gasteiger partial charge in [0.25, 0.3) is 0 Å². The first-order valence-electron chi connectivity index (χ1n) is 9.50. The molecule has 0 aliphatic heterocycles. The van der Waals surface area contributed by atoms with Gasteiger partial charge in [-0.2, -0.15) is 0 Å². The molecule has 1 aliphatic carbocycles. The Morgan fingerprint density at radius 1 is 1.04 bits per heavy atom. The normalized spacial score (nSPS) is 17.1. The fourth-order valence-corrected chi connectivity index (χ4v) is 6.31. The molecule has 1 aliphatic rings. The van der Waals surface area contributed by atoms with Crippen LogP contribution in [0, 0.1) is 20.8 Å². The summed E-state index contributed by atoms with van der Waals surface area (Å²) in [5, 5.41) is -0.591. The zero-order chi connectivity index (χ0) is 17.7. The summed E-state index contributed by atoms with van der Waals surface area (Å²) < 4.78 is 13.2. The van der Waals surface area contributed by atoms with Crippen LogP contribution in [0.1, 0.15) is 85.3 Å². The number of benzene rings is 1. The second-order valence-corrected chi connectivity index (χ2v) is 9.56. The molecule has 2 rings (SSSR count). The van der Waals surface area contributed by atoms with E-state index in [-0.39, 0.29) is 5.78 Å². The molecule has 2 nitrogen and oxygen atoms in total. The summed E-state index contributed by atoms with van der Waals surface area (Å²) in [7, 11) is -1.48. The van der Waals surface area contributed by atoms with Gasteiger partial charge in [-0.1, -0.05) is 42.0 Å². The van der Waals surface area contributed by atoms with Gasteiger partial charge in [-0.05, 0) is 57.6 Å². The highest BCUT2D eigenvalue weighted by Crippen LogP contribution is 2.53. The first-order valence-corrected chi connectivity index (χ1v) is 10.9. The lowest BCUT2D eigenvalue weighted by Crippen LogP contribution is -2.33. The van der Waals surface area contributed by atoms with E-state index in [2.05, 4.69) is 26.0 Å². The summed E-state index contributed by atoms with van der Waals surface area (Å²) in [6, 6.07) is 4.16. The maximum absolute atomic E-state index is 13.5. The number of hydrogen-bond acceptors (Lipinski definition) is 2. The van der Waals surface area contributed by atoms with Crippen LogP contribution in [0.2, 0.25) is 0 Å². The molecule has 1 unspecified atom stereocenters. The van der Waals surface area contributed by atoms with Gasteiger partial charge in [0.15, 0.2) is 0 Å². The van der Waals surface area contributed by atoms with E-state index in [9.17, 15) is 9.36 Å². The van der Waals surface area contributed by atoms with Gasteiger partial charge in [-0.25, -0.2) is 0 Å². The van der Waals surface area contributed by atoms with E-state index >= 15 is 0 Å². The predicted molar refractivity (Wildman–Crippen MR) is 103 cm³/mol. The van der Waals surface area contributed by atoms with Crippen LogP contribution in [0.4, 0.5) is 0 Å². The van der Waals surface area contributed by atoms with Gasteiger partial charge in [0, 0.05) is 18.4 Å². The molecule has 0 N–H and O–H groups in total. The van der Waals surface area contributed by atoms with Gasteiger partial charge in [0.2, 0.25) is 10.9 Å². The van der Waals surface area contributed by atoms with E-state index < -0.39 is 13.0 Å². The lowest BCUT2D eigenvalue weighted by Gasteiger charge is -2.20. The van der Waals surface area contributed by atoms with Crippen LogP contribution in [-0.2, 0) is 4.57 Å². The molecule has 0 spiro atoms. The van der Waals surface area contributed by atoms with Crippen LogP contribution in [-0.4, -0.2) is 17.1 Å². The van der Waals surface area contributed by atoms with E-state index in [0.29, 0.717) is 6.16 Å². The lowest BCUT2D eigenvalue weighted by molar-refractivity contribution is 0.0939. The summed E-state index contributed by atoms with van der Waals surface area (Å²) in [5.74, 6) is 0.159. The first kappa shape index (κ1) is 19.3. The Bertz CT molecular complexity index is 589. The SMILES string of the molecule is CCCCCC[P+](=O)C1(C(=O)c2c(C)cc(C)cc2C)CCCC1. The summed E-state index contributed by atoms with van der Waals surface area (Å²) in [4.78, 5) is 13.5. The molecule has 0 saturated heterocycles. The molecule has 3 heteroatoms. The minimum Gasteiger partial charge on any atom is -0.289 e. The van der Waals surface area contributed by atoms with Crippen molar-refractivity contribution < 1.29 is 9.36 Å². The van der Waals surface area contributed by atoms with Gasteiger partial charge in [-0.15, -0.1) is 0 Å². The molecular formula is C21H32O2P+. The van der Waals surface area contributed by atoms with Crippen LogP contribution in [0.15, 0.2) is 12.1 Å². The summed E-state index contributed by atoms with van der Waals surface area (Å²) in [6.45, 7) is 8.28. The molecule has 1 atom stereocenters. The Morgan fingerprint density at radius 3 is 2.17 bits per heavy atom. The smallest absolute Gasteiger partial charge is 0.289 e. The minimum absolute atomic E-state index is 0.159. The third-order valence-electron chi connectivity index (χ3n) is 5.45. The lowest BCUT2D eigenvalue weighted by atomic mass is 9.88. The van der Waals surface area contributed by atoms with E-state index in [1.54, 1.807) is 0 Å². The zero-order valence-corrected chi connectivity index (χ0v) is 16.7. The van der Waals surface area contributed by atoms with Crippen molar-refractivity contribution >= 4 is 13.6 Å². The van der Waals surface area contributed by atoms with Crippen molar-refractivity contribution in [3.8, 4) is 0 Å². The second-order valence-electron chi connectivity index (χ2n) is 7.50. The Labute approximate surface area is 148 Å². The topological polar surface area (TPSA) is 34.1 Å². The molecule has 0 heterocycles. The zero-order valence-electron chi connectivity index (χ0n) is 15.8. The first-order chi connectivity index (χ1) is 11.4. The highest BCUT2D eigenvalue weighted by Gasteiger charge is 2.56. The summed E-state index contributed by atoms with van der Waals surface area (Å²) in [5.41, 5.74) is 4.10. The minimum atomic E-state index is -1.48. The van der Waals surface area contributed by atoms with Crippen molar-refractivity contribution in [3.05, 3.63) is 34.4 Å². The van der Waals surface area contributed by atoms with Crippen LogP contribution in [0.25, 0.3) is 0 Å². The molecule has 1 aromatic carbocycles. The predicted octanol–water partition coefficient (Wildman–Crippen LogP) is 6.52. The Kier molecular flexibility index (Phi) is 6.75. The number of unbranched alkanes of at least 4 members (excludes halogenated alkanes) is 3. The number of carbonyl (C=O) groups is 1. The van der Waals surface area contributed by atoms with Crippen LogP contribution in [0.5, 0.6) is 0 Å². The molecule has 0 bridgehead atoms. The average Bonchev–Trinajstić information content (AvgIpc) is 3.01. The van der Waals surface area contributed by atoms with Crippen molar-refractivity contribution in [2.24, 2.45) is 0 Å². The molecule has 24 heavy (non-hydrogen) atoms. The van der Waals surface area contributed by atoms with Crippen LogP contribution < -0.4 is 0 Å². The standard InChI is InChI=1S/C21H32O2P/c1-5-6-7-10-13-24(23)21(11-8-9-12-21)20(22)19-17(3)14-16(2)15-18(19)4/h14-15H,5-13H2,1-4H3/q+1. The van der Waals surface area contributed by atoms with E-state index in [0.717, 1.165) is 55.2 Å². The van der Waals surface area contributed by atoms with E-state index in [1.165, 1.54) is 18.4 Å². The van der Waals surface area contributed by atoms with Crippen LogP contribution >= 0.6 is 7.80 Å². The van der Waals surface area contributed by atoms with Gasteiger partial charge >= 0.3 is 7.80 Å². The molecule has 132 valence electrons. The van der Waals surface area contributed by atoms with E-state index in [4.69, 9.17) is 0 Å². The Balaban J connectivity index is 2.27. The average molecular weight is 347 g/mol. The maximum atomic E-state index is 13.5. The molecule has 1 saturated carbocycles. The molecule has 0 aromatic heterocycles. The van der Waals surface area contributed by atoms with Gasteiger partial charge in [-0.3, -0.25) is 4.79 Å². The fourth-order valence-electron chi connectivity index (χ4n) is 4.22. The third-order valence-corrected chi connectivity index (χ3v) is 7.78. The van der Waals surface area contributed by atoms with Crippen molar-refractivity contribution in [2.75, 3.05) is 6.16 Å². The number of Topliss-reactive ketones (excluding diaryl/α,β-unsaturated/α-hetero) is 1. The van der Waals surface area contributed by atoms with Crippen molar-refractivity contribution in [1.82, 2.24) is 0 Å². The van der Waals surface area contributed by atoms with Gasteiger partial charge in [0.05, 0.1) is 0 Å². The fraction of sp³-hybridized carbons (Fsp3) is 0.667. The van der Waals surface area contributed by atoms with Crippen molar-refractivity contribution in [2.45, 2.75) is 84.2 Å². The molecule has 1 aromatic rings. The number of hydrogen-bond donors (Lipinski definition) is 0. The maximum Gasteiger partial charge on any atom is 0.353 e. The van der Waals surface area contributed by atoms with Gasteiger partial charge in [0.1, 0.15) is 6.16 Å². The van der Waals surface area contributed by atoms with E-state index in [1.807, 2.05) is 13.8 Å². The Hall–Kier alpha value is -1.01. The number of carbonyl (C=O) groups excluding carboxylic acids is 1. The van der Waals surface area contributed by atoms with Crippen LogP contribution in [0.3, 0.4) is 0 Å². The molecular weight excluding hydrogens is 315 g/mol. The number of ketones is 1. The molecule has 0 amide bonds. The third kappa shape index (κ3) is 3.97. The highest BCUT2D eigenvalue weighted by atomic mass is 31.1. The number of aryl methyl sites for hydroxylation is 3.